The Bertz CT molecular complexity index is 1100. The molecule has 5 rings (SSSR count). The number of aliphatic hydroxyl groups excluding tert-OH is 1. The van der Waals surface area contributed by atoms with Gasteiger partial charge in [0.1, 0.15) is 18.3 Å². The normalized spacial score (nSPS) is 45.5. The van der Waals surface area contributed by atoms with Crippen molar-refractivity contribution in [3.63, 3.8) is 0 Å². The molecule has 3 fully saturated rings. The zero-order valence-corrected chi connectivity index (χ0v) is 22.3. The van der Waals surface area contributed by atoms with Crippen LogP contribution >= 0.6 is 0 Å². The number of hydrogen-bond acceptors (Lipinski definition) is 8. The minimum Gasteiger partial charge on any atom is -0.462 e. The zero-order valence-electron chi connectivity index (χ0n) is 22.3. The Labute approximate surface area is 216 Å². The van der Waals surface area contributed by atoms with Gasteiger partial charge < -0.3 is 24.8 Å². The van der Waals surface area contributed by atoms with Crippen LogP contribution in [0.4, 0.5) is 0 Å². The third-order valence-corrected chi connectivity index (χ3v) is 10.2. The van der Waals surface area contributed by atoms with Crippen LogP contribution in [-0.2, 0) is 33.4 Å². The van der Waals surface area contributed by atoms with Crippen LogP contribution in [0, 0.1) is 39.4 Å². The summed E-state index contributed by atoms with van der Waals surface area (Å²) < 4.78 is 17.8. The average Bonchev–Trinajstić information content (AvgIpc) is 3.16. The largest absolute Gasteiger partial charge is 0.462 e. The van der Waals surface area contributed by atoms with Gasteiger partial charge in [0, 0.05) is 41.1 Å². The van der Waals surface area contributed by atoms with Gasteiger partial charge in [0.05, 0.1) is 13.0 Å². The van der Waals surface area contributed by atoms with Crippen molar-refractivity contribution in [2.24, 2.45) is 39.4 Å². The fraction of sp³-hybridized carbons (Fsp3) is 0.714. The van der Waals surface area contributed by atoms with Gasteiger partial charge in [-0.15, -0.1) is 0 Å². The van der Waals surface area contributed by atoms with Gasteiger partial charge in [-0.3, -0.25) is 14.4 Å². The number of cyclic esters (lactones) is 1. The summed E-state index contributed by atoms with van der Waals surface area (Å²) >= 11 is 0. The van der Waals surface area contributed by atoms with Crippen molar-refractivity contribution >= 4 is 23.7 Å². The van der Waals surface area contributed by atoms with E-state index in [0.717, 1.165) is 5.57 Å². The Balaban J connectivity index is 0.00000320. The van der Waals surface area contributed by atoms with E-state index < -0.39 is 64.3 Å². The monoisotopic (exact) mass is 518 g/mol. The Morgan fingerprint density at radius 2 is 1.78 bits per heavy atom. The molecule has 9 atom stereocenters. The number of ether oxygens (including phenoxy) is 3. The number of allylic oxidation sites excluding steroid dienone is 2. The van der Waals surface area contributed by atoms with Gasteiger partial charge in [-0.2, -0.15) is 0 Å². The number of aliphatic hydroxyl groups is 1. The molecule has 3 N–H and O–H groups in total. The van der Waals surface area contributed by atoms with Gasteiger partial charge in [-0.05, 0) is 35.8 Å². The Kier molecular flexibility index (Phi) is 6.32. The third kappa shape index (κ3) is 3.56. The number of fused-ring (bicyclic) bond motifs is 2. The van der Waals surface area contributed by atoms with Crippen LogP contribution in [0.1, 0.15) is 60.8 Å². The van der Waals surface area contributed by atoms with Gasteiger partial charge in [0.2, 0.25) is 0 Å². The number of hydrogen-bond donors (Lipinski definition) is 1. The maximum absolute atomic E-state index is 13.8. The molecule has 2 heterocycles. The number of rotatable bonds is 3. The molecular formula is C28H38O9. The first-order valence-electron chi connectivity index (χ1n) is 12.8. The van der Waals surface area contributed by atoms with Crippen molar-refractivity contribution in [2.75, 3.05) is 6.61 Å². The van der Waals surface area contributed by atoms with Crippen LogP contribution in [0.25, 0.3) is 0 Å². The maximum atomic E-state index is 13.8. The van der Waals surface area contributed by atoms with Crippen molar-refractivity contribution in [1.29, 1.82) is 0 Å². The van der Waals surface area contributed by atoms with Crippen LogP contribution in [0.5, 0.6) is 0 Å². The van der Waals surface area contributed by atoms with Gasteiger partial charge in [-0.1, -0.05) is 40.7 Å². The second-order valence-corrected chi connectivity index (χ2v) is 12.7. The molecule has 1 saturated heterocycles. The smallest absolute Gasteiger partial charge is 0.331 e. The summed E-state index contributed by atoms with van der Waals surface area (Å²) in [6, 6.07) is 0. The predicted molar refractivity (Wildman–Crippen MR) is 131 cm³/mol. The average molecular weight is 519 g/mol. The molecule has 2 aliphatic heterocycles. The molecular weight excluding hydrogens is 480 g/mol. The van der Waals surface area contributed by atoms with Crippen LogP contribution < -0.4 is 0 Å². The lowest BCUT2D eigenvalue weighted by Crippen LogP contribution is -2.71. The molecule has 0 aromatic rings. The molecule has 0 bridgehead atoms. The molecule has 0 radical (unpaired) electrons. The minimum atomic E-state index is -0.908. The quantitative estimate of drug-likeness (QED) is 0.441. The van der Waals surface area contributed by atoms with Crippen LogP contribution in [0.2, 0.25) is 0 Å². The first-order valence-corrected chi connectivity index (χ1v) is 12.8. The predicted octanol–water partition coefficient (Wildman–Crippen LogP) is 2.09. The maximum Gasteiger partial charge on any atom is 0.331 e. The van der Waals surface area contributed by atoms with Gasteiger partial charge in [-0.25, -0.2) is 4.79 Å². The van der Waals surface area contributed by atoms with E-state index >= 15 is 0 Å². The number of esters is 3. The number of carbonyl (C=O) groups excluding carboxylic acids is 4. The topological polar surface area (TPSA) is 148 Å². The van der Waals surface area contributed by atoms with Crippen molar-refractivity contribution in [3.05, 3.63) is 23.8 Å². The van der Waals surface area contributed by atoms with E-state index in [4.69, 9.17) is 14.2 Å². The molecule has 204 valence electrons. The molecule has 0 unspecified atom stereocenters. The van der Waals surface area contributed by atoms with Crippen molar-refractivity contribution in [2.45, 2.75) is 79.1 Å². The van der Waals surface area contributed by atoms with Crippen molar-refractivity contribution in [3.8, 4) is 0 Å². The van der Waals surface area contributed by atoms with E-state index in [-0.39, 0.29) is 42.0 Å². The molecule has 5 aliphatic rings. The first-order chi connectivity index (χ1) is 16.7. The van der Waals surface area contributed by atoms with Crippen molar-refractivity contribution < 1.29 is 44.0 Å². The van der Waals surface area contributed by atoms with Crippen LogP contribution in [-0.4, -0.2) is 59.2 Å². The zero-order chi connectivity index (χ0) is 26.4. The number of carbonyl (C=O) groups is 4. The first kappa shape index (κ1) is 27.5. The lowest BCUT2D eigenvalue weighted by molar-refractivity contribution is -0.230. The van der Waals surface area contributed by atoms with Gasteiger partial charge in [0.15, 0.2) is 5.78 Å². The molecule has 3 aliphatic carbocycles. The van der Waals surface area contributed by atoms with E-state index in [2.05, 4.69) is 13.8 Å². The Hall–Kier alpha value is -2.52. The summed E-state index contributed by atoms with van der Waals surface area (Å²) in [4.78, 5) is 51.5. The van der Waals surface area contributed by atoms with Gasteiger partial charge >= 0.3 is 17.9 Å². The third-order valence-electron chi connectivity index (χ3n) is 10.2. The molecule has 0 aromatic carbocycles. The molecule has 2 saturated carbocycles. The summed E-state index contributed by atoms with van der Waals surface area (Å²) in [5.74, 6) is -2.42. The Morgan fingerprint density at radius 1 is 1.11 bits per heavy atom. The molecule has 37 heavy (non-hydrogen) atoms. The molecule has 0 amide bonds. The van der Waals surface area contributed by atoms with E-state index in [1.165, 1.54) is 13.0 Å². The highest BCUT2D eigenvalue weighted by Gasteiger charge is 2.74. The second kappa shape index (κ2) is 8.50. The number of ketones is 1. The minimum absolute atomic E-state index is 0. The fourth-order valence-electron chi connectivity index (χ4n) is 8.90. The molecule has 0 spiro atoms. The standard InChI is InChI=1S/C28H36O8.H2O/c1-14(30)34-16-12-26(4,24-15(13-29)9-21(32)36-24)18-11-22(33)35-20-10-17-25(2,3)8-7-19(31)27(17,5)23(16)28(18,20)6;/h7-8,11,15-17,20,23-24,29H,9-10,12-13H2,1-6H3;1H2/t15-,16-,17+,20-,23-,24+,26-,27-,28-;/m1./s1. The second-order valence-electron chi connectivity index (χ2n) is 12.7. The fourth-order valence-corrected chi connectivity index (χ4v) is 8.90. The molecule has 9 heteroatoms. The Morgan fingerprint density at radius 3 is 2.41 bits per heavy atom. The highest BCUT2D eigenvalue weighted by atomic mass is 16.6. The summed E-state index contributed by atoms with van der Waals surface area (Å²) in [5.41, 5.74) is -2.23. The lowest BCUT2D eigenvalue weighted by atomic mass is 9.36. The summed E-state index contributed by atoms with van der Waals surface area (Å²) in [6.45, 7) is 11.2. The summed E-state index contributed by atoms with van der Waals surface area (Å²) in [5, 5.41) is 10.1. The van der Waals surface area contributed by atoms with E-state index in [9.17, 15) is 24.3 Å². The van der Waals surface area contributed by atoms with Crippen molar-refractivity contribution in [1.82, 2.24) is 0 Å². The van der Waals surface area contributed by atoms with Gasteiger partial charge in [0.25, 0.3) is 0 Å². The SMILES string of the molecule is CC(=O)O[C@@H]1C[C@@](C)([C@H]2OC(=O)C[C@@H]2CO)C2=CC(=O)O[C@@H]3C[C@H]4C(C)(C)C=CC(=O)[C@]4(C)[C@@H]1[C@]23C.O. The highest BCUT2D eigenvalue weighted by molar-refractivity contribution is 5.97. The van der Waals surface area contributed by atoms with Crippen LogP contribution in [0.3, 0.4) is 0 Å². The lowest BCUT2D eigenvalue weighted by Gasteiger charge is -2.68. The van der Waals surface area contributed by atoms with E-state index in [1.807, 2.05) is 26.8 Å². The summed E-state index contributed by atoms with van der Waals surface area (Å²) in [6.07, 6.45) is 3.95. The van der Waals surface area contributed by atoms with Crippen LogP contribution in [0.15, 0.2) is 23.8 Å². The molecule has 0 aromatic heterocycles. The van der Waals surface area contributed by atoms with E-state index in [1.54, 1.807) is 6.08 Å². The summed E-state index contributed by atoms with van der Waals surface area (Å²) in [7, 11) is 0. The van der Waals surface area contributed by atoms with E-state index in [0.29, 0.717) is 6.42 Å². The molecule has 9 nitrogen and oxygen atoms in total. The highest BCUT2D eigenvalue weighted by Crippen LogP contribution is 2.71.